The van der Waals surface area contributed by atoms with Gasteiger partial charge in [0, 0.05) is 0 Å². The zero-order valence-electron chi connectivity index (χ0n) is 28.4. The molecule has 11 heteroatoms. The fourth-order valence-electron chi connectivity index (χ4n) is 5.63. The van der Waals surface area contributed by atoms with E-state index >= 15 is 0 Å². The average molecular weight is 715 g/mol. The molecule has 53 heavy (non-hydrogen) atoms. The minimum absolute atomic E-state index is 0.123. The third kappa shape index (κ3) is 9.02. The minimum atomic E-state index is -1.77. The van der Waals surface area contributed by atoms with E-state index in [-0.39, 0.29) is 27.8 Å². The molecule has 1 unspecified atom stereocenters. The van der Waals surface area contributed by atoms with Gasteiger partial charge in [-0.2, -0.15) is 0 Å². The SMILES string of the molecule is C[C@@H](OC(=O)c1ccccc1)[C@H]1OC(OC(=O)c2ccccc2)[C@H](OC(=O)c2ccccc2)[C@@H](OC(=O)c2ccccc2)[C@@H]1OC(=O)c1ccccc1. The molecule has 1 saturated heterocycles. The first-order chi connectivity index (χ1) is 25.8. The van der Waals surface area contributed by atoms with Gasteiger partial charge in [-0.25, -0.2) is 24.0 Å². The highest BCUT2D eigenvalue weighted by Gasteiger charge is 2.56. The Hall–Kier alpha value is -6.59. The highest BCUT2D eigenvalue weighted by molar-refractivity contribution is 5.92. The van der Waals surface area contributed by atoms with Crippen LogP contribution in [0.25, 0.3) is 0 Å². The summed E-state index contributed by atoms with van der Waals surface area (Å²) < 4.78 is 36.0. The molecule has 6 rings (SSSR count). The molecular formula is C42H34O11. The van der Waals surface area contributed by atoms with Gasteiger partial charge in [-0.3, -0.25) is 0 Å². The van der Waals surface area contributed by atoms with E-state index in [9.17, 15) is 24.0 Å². The van der Waals surface area contributed by atoms with Crippen molar-refractivity contribution in [2.75, 3.05) is 0 Å². The van der Waals surface area contributed by atoms with E-state index < -0.39 is 66.7 Å². The molecule has 5 aromatic carbocycles. The molecule has 11 nitrogen and oxygen atoms in total. The van der Waals surface area contributed by atoms with Gasteiger partial charge in [0.1, 0.15) is 12.2 Å². The Morgan fingerprint density at radius 3 is 1.09 bits per heavy atom. The van der Waals surface area contributed by atoms with Crippen LogP contribution in [-0.4, -0.2) is 66.7 Å². The molecule has 0 bridgehead atoms. The summed E-state index contributed by atoms with van der Waals surface area (Å²) in [7, 11) is 0. The topological polar surface area (TPSA) is 141 Å². The molecule has 268 valence electrons. The van der Waals surface area contributed by atoms with Crippen molar-refractivity contribution in [3.8, 4) is 0 Å². The second-order valence-electron chi connectivity index (χ2n) is 11.9. The van der Waals surface area contributed by atoms with Gasteiger partial charge in [-0.15, -0.1) is 0 Å². The van der Waals surface area contributed by atoms with Gasteiger partial charge in [0.05, 0.1) is 27.8 Å². The van der Waals surface area contributed by atoms with E-state index in [4.69, 9.17) is 28.4 Å². The Morgan fingerprint density at radius 1 is 0.415 bits per heavy atom. The predicted octanol–water partition coefficient (Wildman–Crippen LogP) is 6.49. The third-order valence-electron chi connectivity index (χ3n) is 8.29. The summed E-state index contributed by atoms with van der Waals surface area (Å²) >= 11 is 0. The van der Waals surface area contributed by atoms with Crippen LogP contribution in [0.2, 0.25) is 0 Å². The molecule has 0 radical (unpaired) electrons. The van der Waals surface area contributed by atoms with Crippen molar-refractivity contribution in [3.05, 3.63) is 179 Å². The molecule has 0 amide bonds. The van der Waals surface area contributed by atoms with Crippen LogP contribution in [0.3, 0.4) is 0 Å². The standard InChI is InChI=1S/C42H34O11/c1-27(48-37(43)28-17-7-2-8-18-28)33-34(49-38(44)29-19-9-3-10-20-29)35(50-39(45)30-21-11-4-12-22-30)36(51-40(46)31-23-13-5-14-24-31)42(52-33)53-41(47)32-25-15-6-16-26-32/h2-27,33-36,42H,1H3/t27-,33-,34-,35+,36-,42?/m1/s1. The molecule has 0 N–H and O–H groups in total. The summed E-state index contributed by atoms with van der Waals surface area (Å²) in [6, 6.07) is 40.1. The summed E-state index contributed by atoms with van der Waals surface area (Å²) in [6.07, 6.45) is -9.40. The highest BCUT2D eigenvalue weighted by atomic mass is 16.7. The summed E-state index contributed by atoms with van der Waals surface area (Å²) in [5.74, 6) is -4.20. The number of rotatable bonds is 11. The summed E-state index contributed by atoms with van der Waals surface area (Å²) in [4.78, 5) is 67.9. The third-order valence-corrected chi connectivity index (χ3v) is 8.29. The lowest BCUT2D eigenvalue weighted by molar-refractivity contribution is -0.291. The molecule has 1 fully saturated rings. The van der Waals surface area contributed by atoms with E-state index in [0.29, 0.717) is 0 Å². The molecule has 1 heterocycles. The lowest BCUT2D eigenvalue weighted by Gasteiger charge is -2.45. The van der Waals surface area contributed by atoms with Crippen molar-refractivity contribution >= 4 is 29.8 Å². The van der Waals surface area contributed by atoms with Crippen LogP contribution in [0.1, 0.15) is 58.7 Å². The fraction of sp³-hybridized carbons (Fsp3) is 0.167. The first kappa shape index (κ1) is 36.2. The minimum Gasteiger partial charge on any atom is -0.456 e. The lowest BCUT2D eigenvalue weighted by atomic mass is 9.94. The smallest absolute Gasteiger partial charge is 0.340 e. The Labute approximate surface area is 305 Å². The molecule has 1 aliphatic heterocycles. The van der Waals surface area contributed by atoms with Crippen molar-refractivity contribution in [3.63, 3.8) is 0 Å². The maximum atomic E-state index is 13.8. The molecule has 0 aliphatic carbocycles. The maximum absolute atomic E-state index is 13.8. The van der Waals surface area contributed by atoms with Gasteiger partial charge in [-0.1, -0.05) is 91.0 Å². The van der Waals surface area contributed by atoms with E-state index in [1.807, 2.05) is 0 Å². The molecule has 1 aliphatic rings. The van der Waals surface area contributed by atoms with Gasteiger partial charge in [0.15, 0.2) is 12.2 Å². The Bertz CT molecular complexity index is 2010. The fourth-order valence-corrected chi connectivity index (χ4v) is 5.63. The first-order valence-corrected chi connectivity index (χ1v) is 16.7. The van der Waals surface area contributed by atoms with Crippen LogP contribution in [0.4, 0.5) is 0 Å². The Kier molecular flexibility index (Phi) is 11.7. The van der Waals surface area contributed by atoms with Crippen molar-refractivity contribution < 1.29 is 52.4 Å². The van der Waals surface area contributed by atoms with Crippen molar-refractivity contribution in [2.45, 2.75) is 43.7 Å². The summed E-state index contributed by atoms with van der Waals surface area (Å²) in [6.45, 7) is 1.48. The average Bonchev–Trinajstić information content (AvgIpc) is 3.21. The number of esters is 5. The van der Waals surface area contributed by atoms with Crippen LogP contribution >= 0.6 is 0 Å². The lowest BCUT2D eigenvalue weighted by Crippen LogP contribution is -2.64. The van der Waals surface area contributed by atoms with E-state index in [1.54, 1.807) is 103 Å². The van der Waals surface area contributed by atoms with Crippen LogP contribution in [0.5, 0.6) is 0 Å². The number of hydrogen-bond acceptors (Lipinski definition) is 11. The summed E-state index contributed by atoms with van der Waals surface area (Å²) in [5, 5.41) is 0. The Morgan fingerprint density at radius 2 is 0.717 bits per heavy atom. The molecule has 0 saturated carbocycles. The first-order valence-electron chi connectivity index (χ1n) is 16.7. The normalized spacial score (nSPS) is 19.8. The van der Waals surface area contributed by atoms with Gasteiger partial charge in [0.25, 0.3) is 0 Å². The van der Waals surface area contributed by atoms with Crippen molar-refractivity contribution in [2.24, 2.45) is 0 Å². The monoisotopic (exact) mass is 714 g/mol. The van der Waals surface area contributed by atoms with Gasteiger partial charge >= 0.3 is 29.8 Å². The molecule has 0 spiro atoms. The van der Waals surface area contributed by atoms with Gasteiger partial charge < -0.3 is 28.4 Å². The number of hydrogen-bond donors (Lipinski definition) is 0. The molecule has 6 atom stereocenters. The second kappa shape index (κ2) is 17.1. The zero-order chi connectivity index (χ0) is 37.2. The number of ether oxygens (including phenoxy) is 6. The highest BCUT2D eigenvalue weighted by Crippen LogP contribution is 2.34. The predicted molar refractivity (Wildman–Crippen MR) is 189 cm³/mol. The van der Waals surface area contributed by atoms with Crippen LogP contribution < -0.4 is 0 Å². The number of carbonyl (C=O) groups excluding carboxylic acids is 5. The van der Waals surface area contributed by atoms with Gasteiger partial charge in [0.2, 0.25) is 12.4 Å². The second-order valence-corrected chi connectivity index (χ2v) is 11.9. The maximum Gasteiger partial charge on any atom is 0.340 e. The van der Waals surface area contributed by atoms with E-state index in [1.165, 1.54) is 55.5 Å². The number of carbonyl (C=O) groups is 5. The van der Waals surface area contributed by atoms with Crippen molar-refractivity contribution in [1.29, 1.82) is 0 Å². The van der Waals surface area contributed by atoms with Crippen LogP contribution in [0, 0.1) is 0 Å². The number of benzene rings is 5. The van der Waals surface area contributed by atoms with Crippen LogP contribution in [-0.2, 0) is 28.4 Å². The zero-order valence-corrected chi connectivity index (χ0v) is 28.4. The molecule has 5 aromatic rings. The molecule has 0 aromatic heterocycles. The van der Waals surface area contributed by atoms with Crippen molar-refractivity contribution in [1.82, 2.24) is 0 Å². The van der Waals surface area contributed by atoms with Gasteiger partial charge in [-0.05, 0) is 67.6 Å². The summed E-state index contributed by atoms with van der Waals surface area (Å²) in [5.41, 5.74) is 0.752. The molecular weight excluding hydrogens is 680 g/mol. The van der Waals surface area contributed by atoms with Crippen LogP contribution in [0.15, 0.2) is 152 Å². The van der Waals surface area contributed by atoms with E-state index in [2.05, 4.69) is 0 Å². The quantitative estimate of drug-likeness (QED) is 0.110. The van der Waals surface area contributed by atoms with E-state index in [0.717, 1.165) is 0 Å². The largest absolute Gasteiger partial charge is 0.456 e. The Balaban J connectivity index is 1.44.